The summed E-state index contributed by atoms with van der Waals surface area (Å²) < 4.78 is 50.1. The molecule has 9 N–H and O–H groups in total. The predicted octanol–water partition coefficient (Wildman–Crippen LogP) is -3.36. The van der Waals surface area contributed by atoms with Gasteiger partial charge in [0.25, 0.3) is 11.5 Å². The number of hydrogen-bond donors (Lipinski definition) is 9. The number of carbonyl (C=O) groups is 1. The van der Waals surface area contributed by atoms with Crippen molar-refractivity contribution in [3.05, 3.63) is 69.0 Å². The van der Waals surface area contributed by atoms with Crippen LogP contribution in [0, 0.1) is 0 Å². The summed E-state index contributed by atoms with van der Waals surface area (Å²) in [5, 5.41) is 53.0. The van der Waals surface area contributed by atoms with Gasteiger partial charge in [-0.15, -0.1) is 0 Å². The lowest BCUT2D eigenvalue weighted by atomic mass is 9.97. The molecule has 0 spiro atoms. The Bertz CT molecular complexity index is 1520. The number of ether oxygens (including phenoxy) is 2. The number of aliphatic hydroxyl groups excluding tert-OH is 5. The topological polar surface area (TPSA) is 306 Å². The molecule has 0 radical (unpaired) electrons. The number of nitrogens with one attached hydrogen (secondary N) is 2. The SMILES string of the molecule is O=C(NC1C(OP(=O)(O)OP(=O)(O)OCC2OC(n3ccc(=O)[nH]c3=O)C(O)C2O)OC(CO)C(O)C1O)c1ccccc1. The summed E-state index contributed by atoms with van der Waals surface area (Å²) in [5.41, 5.74) is -1.69. The Balaban J connectivity index is 1.42. The van der Waals surface area contributed by atoms with Crippen molar-refractivity contribution < 1.29 is 72.1 Å². The number of carbonyl (C=O) groups excluding carboxylic acids is 1. The van der Waals surface area contributed by atoms with Crippen LogP contribution in [0.5, 0.6) is 0 Å². The maximum Gasteiger partial charge on any atom is 0.483 e. The van der Waals surface area contributed by atoms with Gasteiger partial charge in [-0.05, 0) is 12.1 Å². The van der Waals surface area contributed by atoms with Crippen LogP contribution in [0.15, 0.2) is 52.2 Å². The predicted molar refractivity (Wildman–Crippen MR) is 140 cm³/mol. The third-order valence-corrected chi connectivity index (χ3v) is 9.12. The number of hydrogen-bond acceptors (Lipinski definition) is 15. The van der Waals surface area contributed by atoms with Gasteiger partial charge >= 0.3 is 21.3 Å². The number of nitrogens with zero attached hydrogens (tertiary/aromatic N) is 1. The van der Waals surface area contributed by atoms with Gasteiger partial charge < -0.3 is 50.1 Å². The smallest absolute Gasteiger partial charge is 0.394 e. The maximum atomic E-state index is 12.7. The lowest BCUT2D eigenvalue weighted by molar-refractivity contribution is -0.246. The minimum atomic E-state index is -5.70. The summed E-state index contributed by atoms with van der Waals surface area (Å²) in [7, 11) is -11.3. The molecule has 0 bridgehead atoms. The molecule has 2 fully saturated rings. The van der Waals surface area contributed by atoms with Gasteiger partial charge in [-0.3, -0.25) is 28.2 Å². The molecule has 20 nitrogen and oxygen atoms in total. The molecule has 4 rings (SSSR count). The van der Waals surface area contributed by atoms with Crippen LogP contribution < -0.4 is 16.6 Å². The van der Waals surface area contributed by atoms with Crippen LogP contribution in [0.25, 0.3) is 0 Å². The fourth-order valence-corrected chi connectivity index (χ4v) is 6.51. The Labute approximate surface area is 246 Å². The number of phosphoric acid groups is 2. The monoisotopic (exact) mass is 669 g/mol. The standard InChI is InChI=1S/C22H29N3O17P2/c26-8-11-15(28)17(30)14(24-19(32)10-4-2-1-3-5-10)21(40-11)41-44(36,37)42-43(34,35)38-9-12-16(29)18(31)20(39-12)25-7-6-13(27)23-22(25)33/h1-7,11-12,14-18,20-21,26,28-31H,8-9H2,(H,24,32)(H,34,35)(H,36,37)(H,23,27,33). The first kappa shape index (κ1) is 34.2. The van der Waals surface area contributed by atoms with E-state index in [4.69, 9.17) is 14.0 Å². The molecule has 2 saturated heterocycles. The summed E-state index contributed by atoms with van der Waals surface area (Å²) in [6, 6.07) is 6.57. The Morgan fingerprint density at radius 1 is 0.932 bits per heavy atom. The van der Waals surface area contributed by atoms with Gasteiger partial charge in [0.2, 0.25) is 0 Å². The van der Waals surface area contributed by atoms with E-state index in [1.165, 1.54) is 24.3 Å². The van der Waals surface area contributed by atoms with Crippen molar-refractivity contribution >= 4 is 21.6 Å². The highest BCUT2D eigenvalue weighted by Gasteiger charge is 2.50. The molecule has 22 heteroatoms. The van der Waals surface area contributed by atoms with Crippen LogP contribution in [0.2, 0.25) is 0 Å². The Morgan fingerprint density at radius 3 is 2.23 bits per heavy atom. The third kappa shape index (κ3) is 7.94. The van der Waals surface area contributed by atoms with Crippen LogP contribution in [0.1, 0.15) is 16.6 Å². The molecule has 3 heterocycles. The first-order valence-corrected chi connectivity index (χ1v) is 15.6. The second kappa shape index (κ2) is 13.8. The molecule has 11 unspecified atom stereocenters. The molecule has 1 aromatic carbocycles. The molecule has 2 aliphatic heterocycles. The van der Waals surface area contributed by atoms with Crippen LogP contribution in [-0.4, -0.2) is 113 Å². The van der Waals surface area contributed by atoms with Crippen LogP contribution in [-0.2, 0) is 32.0 Å². The van der Waals surface area contributed by atoms with Crippen LogP contribution >= 0.6 is 15.6 Å². The van der Waals surface area contributed by atoms with Crippen molar-refractivity contribution in [3.63, 3.8) is 0 Å². The van der Waals surface area contributed by atoms with Crippen molar-refractivity contribution in [2.24, 2.45) is 0 Å². The third-order valence-electron chi connectivity index (χ3n) is 6.52. The molecule has 44 heavy (non-hydrogen) atoms. The van der Waals surface area contributed by atoms with Crippen molar-refractivity contribution in [1.29, 1.82) is 0 Å². The van der Waals surface area contributed by atoms with Crippen molar-refractivity contribution in [3.8, 4) is 0 Å². The second-order valence-electron chi connectivity index (χ2n) is 9.56. The summed E-state index contributed by atoms with van der Waals surface area (Å²) in [6.07, 6.45) is -13.3. The number of amides is 1. The van der Waals surface area contributed by atoms with E-state index in [9.17, 15) is 58.8 Å². The van der Waals surface area contributed by atoms with E-state index in [0.717, 1.165) is 16.8 Å². The Kier molecular flexibility index (Phi) is 10.7. The van der Waals surface area contributed by atoms with Gasteiger partial charge in [0.15, 0.2) is 12.5 Å². The quantitative estimate of drug-likeness (QED) is 0.106. The molecule has 1 aromatic heterocycles. The number of benzene rings is 1. The summed E-state index contributed by atoms with van der Waals surface area (Å²) in [6.45, 7) is -1.97. The number of aromatic amines is 1. The largest absolute Gasteiger partial charge is 0.483 e. The number of aromatic nitrogens is 2. The molecule has 0 aliphatic carbocycles. The first-order valence-electron chi connectivity index (χ1n) is 12.6. The molecule has 1 amide bonds. The Morgan fingerprint density at radius 2 is 1.59 bits per heavy atom. The summed E-state index contributed by atoms with van der Waals surface area (Å²) in [5.74, 6) is -0.842. The van der Waals surface area contributed by atoms with Gasteiger partial charge in [0, 0.05) is 17.8 Å². The highest BCUT2D eigenvalue weighted by molar-refractivity contribution is 7.61. The number of aliphatic hydroxyl groups is 5. The average molecular weight is 669 g/mol. The lowest BCUT2D eigenvalue weighted by Crippen LogP contribution is -2.64. The first-order chi connectivity index (χ1) is 20.6. The normalized spacial score (nSPS) is 33.3. The fraction of sp³-hybridized carbons (Fsp3) is 0.500. The van der Waals surface area contributed by atoms with E-state index >= 15 is 0 Å². The molecular weight excluding hydrogens is 640 g/mol. The van der Waals surface area contributed by atoms with E-state index in [1.807, 2.05) is 4.98 Å². The molecule has 2 aliphatic rings. The van der Waals surface area contributed by atoms with Crippen molar-refractivity contribution in [2.45, 2.75) is 55.2 Å². The number of phosphoric ester groups is 2. The molecule has 244 valence electrons. The molecular formula is C22H29N3O17P2. The minimum absolute atomic E-state index is 0.0722. The van der Waals surface area contributed by atoms with E-state index in [-0.39, 0.29) is 5.56 Å². The fourth-order valence-electron chi connectivity index (χ4n) is 4.35. The van der Waals surface area contributed by atoms with Crippen LogP contribution in [0.4, 0.5) is 0 Å². The zero-order chi connectivity index (χ0) is 32.4. The van der Waals surface area contributed by atoms with Gasteiger partial charge in [-0.2, -0.15) is 4.31 Å². The molecule has 2 aromatic rings. The highest BCUT2D eigenvalue weighted by atomic mass is 31.3. The summed E-state index contributed by atoms with van der Waals surface area (Å²) in [4.78, 5) is 58.1. The average Bonchev–Trinajstić information content (AvgIpc) is 3.24. The number of H-pyrrole nitrogens is 1. The van der Waals surface area contributed by atoms with Crippen LogP contribution in [0.3, 0.4) is 0 Å². The van der Waals surface area contributed by atoms with Crippen molar-refractivity contribution in [1.82, 2.24) is 14.9 Å². The maximum absolute atomic E-state index is 12.7. The van der Waals surface area contributed by atoms with Crippen molar-refractivity contribution in [2.75, 3.05) is 13.2 Å². The van der Waals surface area contributed by atoms with Gasteiger partial charge in [0.1, 0.15) is 42.7 Å². The van der Waals surface area contributed by atoms with E-state index in [0.29, 0.717) is 0 Å². The van der Waals surface area contributed by atoms with Gasteiger partial charge in [0.05, 0.1) is 13.2 Å². The van der Waals surface area contributed by atoms with E-state index in [1.54, 1.807) is 6.07 Å². The summed E-state index contributed by atoms with van der Waals surface area (Å²) >= 11 is 0. The number of rotatable bonds is 11. The van der Waals surface area contributed by atoms with Gasteiger partial charge in [-0.1, -0.05) is 18.2 Å². The highest BCUT2D eigenvalue weighted by Crippen LogP contribution is 2.61. The zero-order valence-electron chi connectivity index (χ0n) is 22.2. The lowest BCUT2D eigenvalue weighted by Gasteiger charge is -2.42. The second-order valence-corrected chi connectivity index (χ2v) is 12.6. The Hall–Kier alpha value is -2.65. The minimum Gasteiger partial charge on any atom is -0.394 e. The molecule has 11 atom stereocenters. The van der Waals surface area contributed by atoms with E-state index < -0.39 is 101 Å². The van der Waals surface area contributed by atoms with E-state index in [2.05, 4.69) is 14.2 Å². The van der Waals surface area contributed by atoms with Gasteiger partial charge in [-0.25, -0.2) is 13.9 Å². The molecule has 0 saturated carbocycles. The zero-order valence-corrected chi connectivity index (χ0v) is 24.0.